The fraction of sp³-hybridized carbons (Fsp3) is 0.440. The number of rotatable bonds is 5. The van der Waals surface area contributed by atoms with Gasteiger partial charge in [0.2, 0.25) is 5.91 Å². The highest BCUT2D eigenvalue weighted by molar-refractivity contribution is 6.35. The fourth-order valence-electron chi connectivity index (χ4n) is 4.69. The monoisotopic (exact) mass is 504 g/mol. The number of halogens is 3. The molecule has 2 saturated heterocycles. The molecule has 2 aliphatic rings. The van der Waals surface area contributed by atoms with Crippen LogP contribution in [0.15, 0.2) is 36.4 Å². The molecular weight excluding hydrogens is 479 g/mol. The van der Waals surface area contributed by atoms with E-state index in [-0.39, 0.29) is 23.8 Å². The normalized spacial score (nSPS) is 19.9. The molecule has 5 nitrogen and oxygen atoms in total. The molecule has 2 atom stereocenters. The van der Waals surface area contributed by atoms with Crippen molar-refractivity contribution in [1.29, 1.82) is 5.26 Å². The number of piperidine rings is 1. The van der Waals surface area contributed by atoms with E-state index in [1.807, 2.05) is 36.1 Å². The predicted molar refractivity (Wildman–Crippen MR) is 135 cm³/mol. The Morgan fingerprint density at radius 1 is 1.06 bits per heavy atom. The lowest BCUT2D eigenvalue weighted by molar-refractivity contribution is -0.135. The van der Waals surface area contributed by atoms with E-state index in [9.17, 15) is 4.79 Å². The third kappa shape index (κ3) is 5.51. The van der Waals surface area contributed by atoms with Crippen molar-refractivity contribution < 1.29 is 4.79 Å². The van der Waals surface area contributed by atoms with E-state index in [2.05, 4.69) is 22.4 Å². The summed E-state index contributed by atoms with van der Waals surface area (Å²) >= 11 is 18.9. The molecular formula is C25H27Cl3N4O. The lowest BCUT2D eigenvalue weighted by Crippen LogP contribution is -2.42. The van der Waals surface area contributed by atoms with Crippen LogP contribution in [-0.4, -0.2) is 37.0 Å². The first-order valence-electron chi connectivity index (χ1n) is 11.3. The summed E-state index contributed by atoms with van der Waals surface area (Å²) in [6, 6.07) is 13.7. The van der Waals surface area contributed by atoms with Gasteiger partial charge in [-0.25, -0.2) is 0 Å². The van der Waals surface area contributed by atoms with Crippen molar-refractivity contribution in [3.05, 3.63) is 57.0 Å². The molecule has 2 aliphatic heterocycles. The lowest BCUT2D eigenvalue weighted by Gasteiger charge is -2.35. The van der Waals surface area contributed by atoms with Gasteiger partial charge in [0.15, 0.2) is 0 Å². The molecule has 2 aromatic carbocycles. The molecule has 2 aromatic rings. The van der Waals surface area contributed by atoms with Crippen LogP contribution in [0.4, 0.5) is 11.4 Å². The maximum atomic E-state index is 12.9. The van der Waals surface area contributed by atoms with Gasteiger partial charge in [0, 0.05) is 47.8 Å². The van der Waals surface area contributed by atoms with E-state index in [0.29, 0.717) is 28.2 Å². The quantitative estimate of drug-likeness (QED) is 0.510. The van der Waals surface area contributed by atoms with Gasteiger partial charge in [-0.2, -0.15) is 5.26 Å². The Hall–Kier alpha value is -2.13. The van der Waals surface area contributed by atoms with E-state index in [4.69, 9.17) is 40.1 Å². The predicted octanol–water partition coefficient (Wildman–Crippen LogP) is 6.41. The van der Waals surface area contributed by atoms with E-state index in [1.165, 1.54) is 0 Å². The van der Waals surface area contributed by atoms with Gasteiger partial charge in [-0.1, -0.05) is 40.9 Å². The largest absolute Gasteiger partial charge is 0.377 e. The molecule has 0 aliphatic carbocycles. The van der Waals surface area contributed by atoms with Crippen LogP contribution in [0.2, 0.25) is 15.1 Å². The zero-order valence-corrected chi connectivity index (χ0v) is 20.8. The first kappa shape index (κ1) is 24.0. The smallest absolute Gasteiger partial charge is 0.225 e. The minimum absolute atomic E-state index is 0.0147. The molecule has 33 heavy (non-hydrogen) atoms. The lowest BCUT2D eigenvalue weighted by atomic mass is 9.95. The van der Waals surface area contributed by atoms with Gasteiger partial charge in [-0.15, -0.1) is 0 Å². The Balaban J connectivity index is 1.39. The SMILES string of the molecule is C[C@@H](Nc1cc(N2CCC(C(=O)N3CCC(C#N)C3)CC2)ccc1Cl)c1ccc(Cl)cc1Cl. The Labute approximate surface area is 210 Å². The molecule has 0 spiro atoms. The second kappa shape index (κ2) is 10.4. The standard InChI is InChI=1S/C25H27Cl3N4O/c1-16(21-4-2-19(26)12-23(21)28)30-24-13-20(3-5-22(24)27)31-10-7-18(8-11-31)25(33)32-9-6-17(14-29)15-32/h2-5,12-13,16-18,30H,6-11,15H2,1H3/t16-,17?/m1/s1. The van der Waals surface area contributed by atoms with Crippen LogP contribution in [0.1, 0.15) is 37.8 Å². The summed E-state index contributed by atoms with van der Waals surface area (Å²) in [4.78, 5) is 17.0. The van der Waals surface area contributed by atoms with E-state index < -0.39 is 0 Å². The number of amides is 1. The molecule has 1 unspecified atom stereocenters. The third-order valence-electron chi connectivity index (χ3n) is 6.64. The Morgan fingerprint density at radius 3 is 2.48 bits per heavy atom. The number of likely N-dealkylation sites (tertiary alicyclic amines) is 1. The molecule has 174 valence electrons. The first-order chi connectivity index (χ1) is 15.9. The van der Waals surface area contributed by atoms with Crippen molar-refractivity contribution in [2.45, 2.75) is 32.2 Å². The molecule has 2 heterocycles. The Kier molecular flexibility index (Phi) is 7.58. The summed E-state index contributed by atoms with van der Waals surface area (Å²) in [5.41, 5.74) is 2.86. The van der Waals surface area contributed by atoms with Crippen molar-refractivity contribution in [2.24, 2.45) is 11.8 Å². The van der Waals surface area contributed by atoms with E-state index >= 15 is 0 Å². The number of carbonyl (C=O) groups excluding carboxylic acids is 1. The van der Waals surface area contributed by atoms with Gasteiger partial charge >= 0.3 is 0 Å². The average molecular weight is 506 g/mol. The van der Waals surface area contributed by atoms with Crippen LogP contribution in [0.25, 0.3) is 0 Å². The van der Waals surface area contributed by atoms with Crippen LogP contribution in [0, 0.1) is 23.2 Å². The van der Waals surface area contributed by atoms with Gasteiger partial charge in [-0.3, -0.25) is 4.79 Å². The number of benzene rings is 2. The molecule has 0 aromatic heterocycles. The topological polar surface area (TPSA) is 59.4 Å². The third-order valence-corrected chi connectivity index (χ3v) is 7.53. The zero-order valence-electron chi connectivity index (χ0n) is 18.5. The number of anilines is 2. The summed E-state index contributed by atoms with van der Waals surface area (Å²) in [6.45, 7) is 4.94. The molecule has 0 radical (unpaired) electrons. The summed E-state index contributed by atoms with van der Waals surface area (Å²) < 4.78 is 0. The number of nitrogens with one attached hydrogen (secondary N) is 1. The minimum Gasteiger partial charge on any atom is -0.377 e. The van der Waals surface area contributed by atoms with Crippen molar-refractivity contribution in [3.63, 3.8) is 0 Å². The van der Waals surface area contributed by atoms with E-state index in [0.717, 1.165) is 49.3 Å². The summed E-state index contributed by atoms with van der Waals surface area (Å²) in [6.07, 6.45) is 2.42. The number of carbonyl (C=O) groups is 1. The summed E-state index contributed by atoms with van der Waals surface area (Å²) in [5, 5.41) is 14.4. The summed E-state index contributed by atoms with van der Waals surface area (Å²) in [5.74, 6) is 0.231. The van der Waals surface area contributed by atoms with Gasteiger partial charge in [-0.05, 0) is 62.1 Å². The fourth-order valence-corrected chi connectivity index (χ4v) is 5.44. The second-order valence-corrected chi connectivity index (χ2v) is 10.1. The zero-order chi connectivity index (χ0) is 23.5. The van der Waals surface area contributed by atoms with Gasteiger partial charge in [0.25, 0.3) is 0 Å². The summed E-state index contributed by atoms with van der Waals surface area (Å²) in [7, 11) is 0. The highest BCUT2D eigenvalue weighted by Gasteiger charge is 2.33. The van der Waals surface area contributed by atoms with E-state index in [1.54, 1.807) is 6.07 Å². The number of nitrogens with zero attached hydrogens (tertiary/aromatic N) is 3. The second-order valence-electron chi connectivity index (χ2n) is 8.86. The van der Waals surface area contributed by atoms with Crippen LogP contribution >= 0.6 is 34.8 Å². The van der Waals surface area contributed by atoms with Crippen LogP contribution in [0.5, 0.6) is 0 Å². The molecule has 0 saturated carbocycles. The molecule has 4 rings (SSSR count). The average Bonchev–Trinajstić information content (AvgIpc) is 3.29. The maximum Gasteiger partial charge on any atom is 0.225 e. The maximum absolute atomic E-state index is 12.9. The van der Waals surface area contributed by atoms with Gasteiger partial charge in [0.1, 0.15) is 0 Å². The number of hydrogen-bond acceptors (Lipinski definition) is 4. The molecule has 2 fully saturated rings. The molecule has 8 heteroatoms. The Bertz CT molecular complexity index is 1060. The molecule has 0 bridgehead atoms. The van der Waals surface area contributed by atoms with Crippen LogP contribution < -0.4 is 10.2 Å². The van der Waals surface area contributed by atoms with Gasteiger partial charge < -0.3 is 15.1 Å². The molecule has 1 N–H and O–H groups in total. The van der Waals surface area contributed by atoms with Crippen LogP contribution in [0.3, 0.4) is 0 Å². The minimum atomic E-state index is -0.0522. The highest BCUT2D eigenvalue weighted by atomic mass is 35.5. The Morgan fingerprint density at radius 2 is 1.82 bits per heavy atom. The first-order valence-corrected chi connectivity index (χ1v) is 12.4. The van der Waals surface area contributed by atoms with Crippen molar-refractivity contribution in [2.75, 3.05) is 36.4 Å². The number of nitriles is 1. The highest BCUT2D eigenvalue weighted by Crippen LogP contribution is 2.34. The van der Waals surface area contributed by atoms with Gasteiger partial charge in [0.05, 0.1) is 28.7 Å². The van der Waals surface area contributed by atoms with Crippen molar-refractivity contribution in [1.82, 2.24) is 4.90 Å². The van der Waals surface area contributed by atoms with Crippen molar-refractivity contribution in [3.8, 4) is 6.07 Å². The molecule has 1 amide bonds. The van der Waals surface area contributed by atoms with Crippen LogP contribution in [-0.2, 0) is 4.79 Å². The van der Waals surface area contributed by atoms with Crippen molar-refractivity contribution >= 4 is 52.1 Å². The number of hydrogen-bond donors (Lipinski definition) is 1.